The van der Waals surface area contributed by atoms with Crippen molar-refractivity contribution in [2.24, 2.45) is 11.8 Å². The van der Waals surface area contributed by atoms with Gasteiger partial charge in [-0.25, -0.2) is 0 Å². The molecule has 0 aromatic heterocycles. The molecule has 5 bridgehead atoms. The van der Waals surface area contributed by atoms with Gasteiger partial charge in [-0.15, -0.1) is 0 Å². The van der Waals surface area contributed by atoms with Crippen LogP contribution in [0.15, 0.2) is 22.7 Å². The molecule has 10 nitrogen and oxygen atoms in total. The van der Waals surface area contributed by atoms with E-state index in [1.807, 2.05) is 19.1 Å². The minimum absolute atomic E-state index is 0.0470. The summed E-state index contributed by atoms with van der Waals surface area (Å²) in [4.78, 5) is 56.3. The number of cyclic esters (lactones) is 1. The van der Waals surface area contributed by atoms with E-state index in [9.17, 15) is 24.3 Å². The summed E-state index contributed by atoms with van der Waals surface area (Å²) >= 11 is 3.49. The number of carbonyl (C=O) groups is 4. The number of amides is 3. The van der Waals surface area contributed by atoms with Gasteiger partial charge in [0.1, 0.15) is 29.8 Å². The van der Waals surface area contributed by atoms with Crippen molar-refractivity contribution < 1.29 is 33.8 Å². The minimum atomic E-state index is -1.34. The third-order valence-electron chi connectivity index (χ3n) is 7.30. The predicted octanol–water partition coefficient (Wildman–Crippen LogP) is 0.879. The maximum absolute atomic E-state index is 14.1. The van der Waals surface area contributed by atoms with Gasteiger partial charge < -0.3 is 29.7 Å². The molecule has 3 amide bonds. The molecule has 4 heterocycles. The van der Waals surface area contributed by atoms with E-state index in [1.54, 1.807) is 17.9 Å². The first-order valence-corrected chi connectivity index (χ1v) is 13.4. The molecule has 11 heteroatoms. The number of hydrogen-bond donors (Lipinski definition) is 2. The van der Waals surface area contributed by atoms with Gasteiger partial charge >= 0.3 is 5.97 Å². The van der Waals surface area contributed by atoms with Gasteiger partial charge in [0.15, 0.2) is 0 Å². The van der Waals surface area contributed by atoms with E-state index in [0.717, 1.165) is 12.8 Å². The first-order chi connectivity index (χ1) is 17.2. The molecule has 36 heavy (non-hydrogen) atoms. The van der Waals surface area contributed by atoms with Crippen LogP contribution in [0.25, 0.3) is 0 Å². The average molecular weight is 568 g/mol. The van der Waals surface area contributed by atoms with Crippen molar-refractivity contribution in [3.05, 3.63) is 22.7 Å². The van der Waals surface area contributed by atoms with Crippen molar-refractivity contribution in [3.8, 4) is 0 Å². The predicted molar refractivity (Wildman–Crippen MR) is 133 cm³/mol. The Hall–Kier alpha value is -2.24. The van der Waals surface area contributed by atoms with Crippen LogP contribution in [-0.4, -0.2) is 95.2 Å². The quantitative estimate of drug-likeness (QED) is 0.373. The molecule has 0 radical (unpaired) electrons. The summed E-state index contributed by atoms with van der Waals surface area (Å²) in [5.74, 6) is -3.37. The summed E-state index contributed by atoms with van der Waals surface area (Å²) in [5, 5.41) is 12.5. The molecule has 2 fully saturated rings. The molecule has 4 aliphatic rings. The van der Waals surface area contributed by atoms with Crippen LogP contribution in [-0.2, 0) is 28.7 Å². The number of ether oxygens (including phenoxy) is 2. The molecule has 0 saturated carbocycles. The van der Waals surface area contributed by atoms with Crippen LogP contribution >= 0.6 is 15.9 Å². The van der Waals surface area contributed by atoms with Crippen LogP contribution in [0.4, 0.5) is 0 Å². The van der Waals surface area contributed by atoms with Crippen LogP contribution < -0.4 is 5.32 Å². The number of nitrogens with zero attached hydrogens (tertiary/aromatic N) is 2. The average Bonchev–Trinajstić information content (AvgIpc) is 3.42. The van der Waals surface area contributed by atoms with Gasteiger partial charge in [-0.2, -0.15) is 0 Å². The first-order valence-electron chi connectivity index (χ1n) is 12.6. The van der Waals surface area contributed by atoms with E-state index >= 15 is 0 Å². The Morgan fingerprint density at radius 3 is 2.69 bits per heavy atom. The number of nitrogens with one attached hydrogen (secondary N) is 1. The van der Waals surface area contributed by atoms with Crippen molar-refractivity contribution in [1.29, 1.82) is 0 Å². The van der Waals surface area contributed by atoms with E-state index in [4.69, 9.17) is 9.47 Å². The third kappa shape index (κ3) is 4.72. The fourth-order valence-corrected chi connectivity index (χ4v) is 6.36. The Kier molecular flexibility index (Phi) is 8.21. The Bertz CT molecular complexity index is 969. The van der Waals surface area contributed by atoms with Gasteiger partial charge in [-0.05, 0) is 25.8 Å². The number of halogens is 1. The molecule has 1 spiro atoms. The molecule has 0 aromatic carbocycles. The number of esters is 1. The standard InChI is InChI=1S/C25H34BrN3O7/c1-3-4-9-28-10-7-5-6-8-17(31)27-14-15(2)35-24(34)18-19-22(32)29(11-12-30)21(23(28)33)25(19)13-16(26)20(18)36-25/h5,7,13,15,18-21,30H,3-4,6,8-12,14H2,1-2H3,(H,27,31)/b7-5-/t15-,18+,19-,20+,21+,25-/m1/s1. The highest BCUT2D eigenvalue weighted by Crippen LogP contribution is 2.58. The van der Waals surface area contributed by atoms with Crippen LogP contribution in [0.1, 0.15) is 39.5 Å². The van der Waals surface area contributed by atoms with Crippen LogP contribution in [0.5, 0.6) is 0 Å². The normalized spacial score (nSPS) is 36.0. The molecule has 198 valence electrons. The SMILES string of the molecule is CCCCN1C/C=C\CCC(=O)NC[C@@H](C)OC(=O)[C@@H]2[C@H]3O[C@@]4(C=C3Br)[C@H](C1=O)N(CCO)C(=O)[C@@H]24. The van der Waals surface area contributed by atoms with Gasteiger partial charge in [0.05, 0.1) is 19.1 Å². The van der Waals surface area contributed by atoms with Crippen LogP contribution in [0.3, 0.4) is 0 Å². The third-order valence-corrected chi connectivity index (χ3v) is 7.98. The lowest BCUT2D eigenvalue weighted by molar-refractivity contribution is -0.158. The number of rotatable bonds is 5. The second kappa shape index (κ2) is 11.0. The Morgan fingerprint density at radius 1 is 1.19 bits per heavy atom. The summed E-state index contributed by atoms with van der Waals surface area (Å²) in [7, 11) is 0. The van der Waals surface area contributed by atoms with Gasteiger partial charge in [0.25, 0.3) is 0 Å². The first kappa shape index (κ1) is 26.8. The number of likely N-dealkylation sites (tertiary alicyclic amines) is 1. The lowest BCUT2D eigenvalue weighted by atomic mass is 9.74. The summed E-state index contributed by atoms with van der Waals surface area (Å²) in [6.07, 6.45) is 6.54. The zero-order valence-corrected chi connectivity index (χ0v) is 22.2. The number of aliphatic hydroxyl groups is 1. The fraction of sp³-hybridized carbons (Fsp3) is 0.680. The number of unbranched alkanes of at least 4 members (excludes halogenated alkanes) is 1. The highest BCUT2D eigenvalue weighted by atomic mass is 79.9. The monoisotopic (exact) mass is 567 g/mol. The lowest BCUT2D eigenvalue weighted by Gasteiger charge is -2.35. The number of β-amino-alcohol motifs (C(OH)–C–C–N with tert-alkyl or cyclic N) is 1. The number of carbonyl (C=O) groups excluding carboxylic acids is 4. The van der Waals surface area contributed by atoms with E-state index in [-0.39, 0.29) is 37.9 Å². The topological polar surface area (TPSA) is 125 Å². The van der Waals surface area contributed by atoms with E-state index < -0.39 is 47.6 Å². The number of allylic oxidation sites excluding steroid dienone is 1. The lowest BCUT2D eigenvalue weighted by Crippen LogP contribution is -2.56. The molecule has 2 N–H and O–H groups in total. The van der Waals surface area contributed by atoms with Crippen molar-refractivity contribution in [2.45, 2.75) is 63.4 Å². The molecular formula is C25H34BrN3O7. The van der Waals surface area contributed by atoms with E-state index in [0.29, 0.717) is 24.0 Å². The van der Waals surface area contributed by atoms with Gasteiger partial charge in [-0.3, -0.25) is 19.2 Å². The number of aliphatic hydroxyl groups excluding tert-OH is 1. The largest absolute Gasteiger partial charge is 0.460 e. The summed E-state index contributed by atoms with van der Waals surface area (Å²) in [6, 6.07) is -1.01. The van der Waals surface area contributed by atoms with Gasteiger partial charge in [0, 0.05) is 30.5 Å². The highest BCUT2D eigenvalue weighted by molar-refractivity contribution is 9.11. The molecule has 2 saturated heterocycles. The van der Waals surface area contributed by atoms with E-state index in [2.05, 4.69) is 21.2 Å². The molecule has 4 aliphatic heterocycles. The summed E-state index contributed by atoms with van der Waals surface area (Å²) < 4.78 is 12.6. The van der Waals surface area contributed by atoms with Crippen molar-refractivity contribution in [1.82, 2.24) is 15.1 Å². The second-order valence-electron chi connectivity index (χ2n) is 9.78. The Morgan fingerprint density at radius 2 is 1.97 bits per heavy atom. The molecule has 0 unspecified atom stereocenters. The zero-order chi connectivity index (χ0) is 26.0. The van der Waals surface area contributed by atoms with Crippen LogP contribution in [0, 0.1) is 11.8 Å². The summed E-state index contributed by atoms with van der Waals surface area (Å²) in [6.45, 7) is 4.28. The van der Waals surface area contributed by atoms with Gasteiger partial charge in [0.2, 0.25) is 17.7 Å². The molecule has 6 atom stereocenters. The number of fused-ring (bicyclic) bond motifs is 2. The number of hydrogen-bond acceptors (Lipinski definition) is 7. The molecule has 0 aromatic rings. The molecule has 4 rings (SSSR count). The van der Waals surface area contributed by atoms with Crippen LogP contribution in [0.2, 0.25) is 0 Å². The summed E-state index contributed by atoms with van der Waals surface area (Å²) in [5.41, 5.74) is -1.34. The van der Waals surface area contributed by atoms with Crippen molar-refractivity contribution >= 4 is 39.6 Å². The van der Waals surface area contributed by atoms with Crippen molar-refractivity contribution in [3.63, 3.8) is 0 Å². The minimum Gasteiger partial charge on any atom is -0.460 e. The fourth-order valence-electron chi connectivity index (χ4n) is 5.63. The van der Waals surface area contributed by atoms with Gasteiger partial charge in [-0.1, -0.05) is 41.4 Å². The molecular weight excluding hydrogens is 534 g/mol. The maximum atomic E-state index is 14.1. The second-order valence-corrected chi connectivity index (χ2v) is 10.7. The molecule has 0 aliphatic carbocycles. The van der Waals surface area contributed by atoms with E-state index in [1.165, 1.54) is 4.90 Å². The smallest absolute Gasteiger partial charge is 0.313 e. The highest BCUT2D eigenvalue weighted by Gasteiger charge is 2.74. The Balaban J connectivity index is 1.76. The zero-order valence-electron chi connectivity index (χ0n) is 20.7. The maximum Gasteiger partial charge on any atom is 0.313 e. The van der Waals surface area contributed by atoms with Crippen molar-refractivity contribution in [2.75, 3.05) is 32.8 Å². The Labute approximate surface area is 219 Å².